The van der Waals surface area contributed by atoms with Gasteiger partial charge in [0.15, 0.2) is 0 Å². The van der Waals surface area contributed by atoms with Crippen molar-refractivity contribution in [2.24, 2.45) is 0 Å². The molecule has 0 fully saturated rings. The Bertz CT molecular complexity index is 595. The van der Waals surface area contributed by atoms with Gasteiger partial charge in [-0.2, -0.15) is 5.26 Å². The number of aromatic nitrogens is 1. The van der Waals surface area contributed by atoms with Crippen molar-refractivity contribution in [1.82, 2.24) is 4.98 Å². The third-order valence-corrected chi connectivity index (χ3v) is 3.61. The number of thiazole rings is 1. The van der Waals surface area contributed by atoms with E-state index in [1.54, 1.807) is 11.3 Å². The van der Waals surface area contributed by atoms with Gasteiger partial charge in [0, 0.05) is 11.1 Å². The minimum atomic E-state index is 0.141. The fourth-order valence-electron chi connectivity index (χ4n) is 1.73. The van der Waals surface area contributed by atoms with Gasteiger partial charge in [-0.05, 0) is 38.5 Å². The second kappa shape index (κ2) is 5.19. The van der Waals surface area contributed by atoms with Crippen molar-refractivity contribution >= 4 is 17.0 Å². The van der Waals surface area contributed by atoms with E-state index in [0.29, 0.717) is 5.56 Å². The van der Waals surface area contributed by atoms with Crippen LogP contribution in [0.25, 0.3) is 0 Å². The third-order valence-electron chi connectivity index (χ3n) is 2.82. The van der Waals surface area contributed by atoms with Crippen LogP contribution in [0.4, 0.5) is 5.69 Å². The molecular formula is C14H15N3S. The van der Waals surface area contributed by atoms with E-state index >= 15 is 0 Å². The standard InChI is InChI=1S/C14H15N3S/c1-9-4-5-12(7-15)6-13(9)16-10(2)14-8-18-11(3)17-14/h4-6,8,10,16H,1-3H3. The van der Waals surface area contributed by atoms with Crippen LogP contribution in [-0.2, 0) is 0 Å². The van der Waals surface area contributed by atoms with Crippen LogP contribution in [0.1, 0.15) is 34.8 Å². The minimum absolute atomic E-state index is 0.141. The Morgan fingerprint density at radius 3 is 2.78 bits per heavy atom. The van der Waals surface area contributed by atoms with Crippen LogP contribution in [-0.4, -0.2) is 4.98 Å². The van der Waals surface area contributed by atoms with Crippen molar-refractivity contribution in [2.45, 2.75) is 26.8 Å². The number of aryl methyl sites for hydroxylation is 2. The maximum atomic E-state index is 8.92. The van der Waals surface area contributed by atoms with Gasteiger partial charge in [0.05, 0.1) is 28.4 Å². The second-order valence-corrected chi connectivity index (χ2v) is 5.36. The highest BCUT2D eigenvalue weighted by Gasteiger charge is 2.10. The van der Waals surface area contributed by atoms with E-state index < -0.39 is 0 Å². The van der Waals surface area contributed by atoms with Gasteiger partial charge in [0.1, 0.15) is 0 Å². The van der Waals surface area contributed by atoms with Gasteiger partial charge in [-0.15, -0.1) is 11.3 Å². The van der Waals surface area contributed by atoms with Crippen molar-refractivity contribution in [3.8, 4) is 6.07 Å². The summed E-state index contributed by atoms with van der Waals surface area (Å²) in [5.74, 6) is 0. The summed E-state index contributed by atoms with van der Waals surface area (Å²) in [6.45, 7) is 6.11. The molecule has 1 heterocycles. The molecule has 0 saturated heterocycles. The largest absolute Gasteiger partial charge is 0.377 e. The van der Waals surface area contributed by atoms with E-state index in [-0.39, 0.29) is 6.04 Å². The molecule has 18 heavy (non-hydrogen) atoms. The van der Waals surface area contributed by atoms with E-state index in [0.717, 1.165) is 22.0 Å². The number of benzene rings is 1. The molecule has 0 amide bonds. The molecule has 0 spiro atoms. The normalized spacial score (nSPS) is 11.9. The predicted octanol–water partition coefficient (Wildman–Crippen LogP) is 3.80. The lowest BCUT2D eigenvalue weighted by Gasteiger charge is -2.15. The predicted molar refractivity (Wildman–Crippen MR) is 74.8 cm³/mol. The van der Waals surface area contributed by atoms with Gasteiger partial charge in [-0.25, -0.2) is 4.98 Å². The van der Waals surface area contributed by atoms with Crippen molar-refractivity contribution < 1.29 is 0 Å². The van der Waals surface area contributed by atoms with Crippen LogP contribution in [0, 0.1) is 25.2 Å². The Kier molecular flexibility index (Phi) is 3.63. The Balaban J connectivity index is 2.21. The van der Waals surface area contributed by atoms with Gasteiger partial charge < -0.3 is 5.32 Å². The maximum absolute atomic E-state index is 8.92. The number of nitrogens with zero attached hydrogens (tertiary/aromatic N) is 2. The van der Waals surface area contributed by atoms with Crippen molar-refractivity contribution in [1.29, 1.82) is 5.26 Å². The first-order chi connectivity index (χ1) is 8.60. The molecule has 1 unspecified atom stereocenters. The van der Waals surface area contributed by atoms with E-state index in [1.807, 2.05) is 32.0 Å². The fraction of sp³-hybridized carbons (Fsp3) is 0.286. The van der Waals surface area contributed by atoms with Crippen LogP contribution >= 0.6 is 11.3 Å². The van der Waals surface area contributed by atoms with E-state index in [1.165, 1.54) is 0 Å². The molecule has 1 N–H and O–H groups in total. The topological polar surface area (TPSA) is 48.7 Å². The molecular weight excluding hydrogens is 242 g/mol. The third kappa shape index (κ3) is 2.69. The minimum Gasteiger partial charge on any atom is -0.377 e. The average molecular weight is 257 g/mol. The summed E-state index contributed by atoms with van der Waals surface area (Å²) in [5.41, 5.74) is 3.84. The molecule has 92 valence electrons. The van der Waals surface area contributed by atoms with Gasteiger partial charge >= 0.3 is 0 Å². The number of rotatable bonds is 3. The van der Waals surface area contributed by atoms with Crippen LogP contribution in [0.2, 0.25) is 0 Å². The SMILES string of the molecule is Cc1nc(C(C)Nc2cc(C#N)ccc2C)cs1. The monoisotopic (exact) mass is 257 g/mol. The number of nitrogens with one attached hydrogen (secondary N) is 1. The zero-order valence-electron chi connectivity index (χ0n) is 10.7. The summed E-state index contributed by atoms with van der Waals surface area (Å²) >= 11 is 1.65. The molecule has 2 rings (SSSR count). The molecule has 0 aliphatic heterocycles. The molecule has 3 nitrogen and oxygen atoms in total. The van der Waals surface area contributed by atoms with Crippen LogP contribution < -0.4 is 5.32 Å². The molecule has 0 aliphatic carbocycles. The summed E-state index contributed by atoms with van der Waals surface area (Å²) in [7, 11) is 0. The lowest BCUT2D eigenvalue weighted by atomic mass is 10.1. The average Bonchev–Trinajstić information content (AvgIpc) is 2.79. The van der Waals surface area contributed by atoms with Gasteiger partial charge in [-0.3, -0.25) is 0 Å². The van der Waals surface area contributed by atoms with Gasteiger partial charge in [0.25, 0.3) is 0 Å². The van der Waals surface area contributed by atoms with E-state index in [2.05, 4.69) is 28.7 Å². The van der Waals surface area contributed by atoms with Crippen LogP contribution in [0.3, 0.4) is 0 Å². The first-order valence-electron chi connectivity index (χ1n) is 5.79. The number of hydrogen-bond acceptors (Lipinski definition) is 4. The van der Waals surface area contributed by atoms with Crippen LogP contribution in [0.5, 0.6) is 0 Å². The summed E-state index contributed by atoms with van der Waals surface area (Å²) in [6.07, 6.45) is 0. The summed E-state index contributed by atoms with van der Waals surface area (Å²) in [4.78, 5) is 4.47. The Hall–Kier alpha value is -1.86. The highest BCUT2D eigenvalue weighted by Crippen LogP contribution is 2.24. The van der Waals surface area contributed by atoms with E-state index in [9.17, 15) is 0 Å². The van der Waals surface area contributed by atoms with Crippen molar-refractivity contribution in [2.75, 3.05) is 5.32 Å². The quantitative estimate of drug-likeness (QED) is 0.909. The zero-order valence-corrected chi connectivity index (χ0v) is 11.5. The molecule has 1 aromatic heterocycles. The molecule has 4 heteroatoms. The number of nitriles is 1. The van der Waals surface area contributed by atoms with Crippen molar-refractivity contribution in [3.05, 3.63) is 45.4 Å². The first kappa shape index (κ1) is 12.6. The highest BCUT2D eigenvalue weighted by atomic mass is 32.1. The van der Waals surface area contributed by atoms with Gasteiger partial charge in [-0.1, -0.05) is 6.07 Å². The highest BCUT2D eigenvalue weighted by molar-refractivity contribution is 7.09. The van der Waals surface area contributed by atoms with E-state index in [4.69, 9.17) is 5.26 Å². The lowest BCUT2D eigenvalue weighted by Crippen LogP contribution is -2.08. The lowest BCUT2D eigenvalue weighted by molar-refractivity contribution is 0.843. The molecule has 1 aromatic carbocycles. The molecule has 0 bridgehead atoms. The first-order valence-corrected chi connectivity index (χ1v) is 6.67. The Morgan fingerprint density at radius 1 is 1.39 bits per heavy atom. The summed E-state index contributed by atoms with van der Waals surface area (Å²) in [5, 5.41) is 15.5. The Morgan fingerprint density at radius 2 is 2.17 bits per heavy atom. The Labute approximate surface area is 111 Å². The smallest absolute Gasteiger partial charge is 0.0992 e. The zero-order chi connectivity index (χ0) is 13.1. The molecule has 2 aromatic rings. The molecule has 0 saturated carbocycles. The van der Waals surface area contributed by atoms with Gasteiger partial charge in [0.2, 0.25) is 0 Å². The second-order valence-electron chi connectivity index (χ2n) is 4.30. The van der Waals surface area contributed by atoms with Crippen LogP contribution in [0.15, 0.2) is 23.6 Å². The van der Waals surface area contributed by atoms with Crippen molar-refractivity contribution in [3.63, 3.8) is 0 Å². The molecule has 0 aliphatic rings. The number of anilines is 1. The molecule has 0 radical (unpaired) electrons. The maximum Gasteiger partial charge on any atom is 0.0992 e. The number of hydrogen-bond donors (Lipinski definition) is 1. The molecule has 1 atom stereocenters. The fourth-order valence-corrected chi connectivity index (χ4v) is 2.44. The summed E-state index contributed by atoms with van der Waals surface area (Å²) in [6, 6.07) is 7.97. The summed E-state index contributed by atoms with van der Waals surface area (Å²) < 4.78 is 0.